The smallest absolute Gasteiger partial charge is 0.144 e. The maximum absolute atomic E-state index is 13.2. The second kappa shape index (κ2) is 4.50. The standard InChI is InChI=1S/C14H11ClFNO/c15-10-4-5-12-14(7-10)18-8-13(17-12)9-2-1-3-11(16)6-9/h1-7,13,17H,8H2/t13-/m0/s1. The molecule has 0 bridgehead atoms. The first-order valence-electron chi connectivity index (χ1n) is 5.67. The highest BCUT2D eigenvalue weighted by atomic mass is 35.5. The monoisotopic (exact) mass is 263 g/mol. The molecule has 0 unspecified atom stereocenters. The second-order valence-corrected chi connectivity index (χ2v) is 4.64. The number of halogens is 2. The molecule has 0 radical (unpaired) electrons. The number of nitrogens with one attached hydrogen (secondary N) is 1. The average molecular weight is 264 g/mol. The Labute approximate surface area is 109 Å². The molecular weight excluding hydrogens is 253 g/mol. The highest BCUT2D eigenvalue weighted by Crippen LogP contribution is 2.35. The molecule has 0 amide bonds. The SMILES string of the molecule is Fc1cccc([C@@H]2COc3cc(Cl)ccc3N2)c1. The minimum absolute atomic E-state index is 0.0469. The third-order valence-electron chi connectivity index (χ3n) is 2.93. The Kier molecular flexibility index (Phi) is 2.84. The van der Waals surface area contributed by atoms with E-state index in [4.69, 9.17) is 16.3 Å². The summed E-state index contributed by atoms with van der Waals surface area (Å²) in [7, 11) is 0. The molecule has 0 aromatic heterocycles. The molecule has 1 N–H and O–H groups in total. The van der Waals surface area contributed by atoms with Crippen LogP contribution in [0.3, 0.4) is 0 Å². The van der Waals surface area contributed by atoms with Crippen molar-refractivity contribution >= 4 is 17.3 Å². The van der Waals surface area contributed by atoms with Gasteiger partial charge in [0.1, 0.15) is 18.2 Å². The summed E-state index contributed by atoms with van der Waals surface area (Å²) in [6.45, 7) is 0.455. The van der Waals surface area contributed by atoms with Gasteiger partial charge in [-0.15, -0.1) is 0 Å². The zero-order valence-corrected chi connectivity index (χ0v) is 10.2. The summed E-state index contributed by atoms with van der Waals surface area (Å²) >= 11 is 5.89. The number of benzene rings is 2. The molecule has 0 saturated carbocycles. The van der Waals surface area contributed by atoms with E-state index in [9.17, 15) is 4.39 Å². The van der Waals surface area contributed by atoms with Crippen LogP contribution in [0.2, 0.25) is 5.02 Å². The van der Waals surface area contributed by atoms with Crippen LogP contribution in [0, 0.1) is 5.82 Å². The predicted molar refractivity (Wildman–Crippen MR) is 69.7 cm³/mol. The zero-order chi connectivity index (χ0) is 12.5. The van der Waals surface area contributed by atoms with Gasteiger partial charge in [0.25, 0.3) is 0 Å². The topological polar surface area (TPSA) is 21.3 Å². The third kappa shape index (κ3) is 2.14. The summed E-state index contributed by atoms with van der Waals surface area (Å²) in [5.41, 5.74) is 1.75. The minimum atomic E-state index is -0.240. The molecular formula is C14H11ClFNO. The molecule has 3 rings (SSSR count). The van der Waals surface area contributed by atoms with Crippen LogP contribution in [-0.4, -0.2) is 6.61 Å². The number of anilines is 1. The molecule has 2 aromatic carbocycles. The van der Waals surface area contributed by atoms with Gasteiger partial charge in [0, 0.05) is 11.1 Å². The molecule has 0 aliphatic carbocycles. The van der Waals surface area contributed by atoms with Crippen LogP contribution in [0.1, 0.15) is 11.6 Å². The van der Waals surface area contributed by atoms with Crippen molar-refractivity contribution in [3.05, 3.63) is 58.9 Å². The molecule has 2 aromatic rings. The first kappa shape index (κ1) is 11.4. The summed E-state index contributed by atoms with van der Waals surface area (Å²) in [5.74, 6) is 0.492. The minimum Gasteiger partial charge on any atom is -0.489 e. The van der Waals surface area contributed by atoms with Crippen molar-refractivity contribution in [2.24, 2.45) is 0 Å². The zero-order valence-electron chi connectivity index (χ0n) is 9.49. The van der Waals surface area contributed by atoms with E-state index in [1.165, 1.54) is 12.1 Å². The van der Waals surface area contributed by atoms with Crippen molar-refractivity contribution < 1.29 is 9.13 Å². The van der Waals surface area contributed by atoms with Crippen molar-refractivity contribution in [3.8, 4) is 5.75 Å². The van der Waals surface area contributed by atoms with Crippen molar-refractivity contribution in [1.29, 1.82) is 0 Å². The fourth-order valence-electron chi connectivity index (χ4n) is 2.04. The molecule has 1 aliphatic heterocycles. The van der Waals surface area contributed by atoms with E-state index in [0.717, 1.165) is 17.0 Å². The largest absolute Gasteiger partial charge is 0.489 e. The highest BCUT2D eigenvalue weighted by molar-refractivity contribution is 6.30. The molecule has 18 heavy (non-hydrogen) atoms. The lowest BCUT2D eigenvalue weighted by Gasteiger charge is -2.27. The van der Waals surface area contributed by atoms with E-state index in [0.29, 0.717) is 11.6 Å². The molecule has 92 valence electrons. The van der Waals surface area contributed by atoms with Gasteiger partial charge in [-0.3, -0.25) is 0 Å². The fourth-order valence-corrected chi connectivity index (χ4v) is 2.20. The molecule has 0 spiro atoms. The van der Waals surface area contributed by atoms with Crippen LogP contribution in [0.15, 0.2) is 42.5 Å². The number of rotatable bonds is 1. The summed E-state index contributed by atoms with van der Waals surface area (Å²) in [6, 6.07) is 11.9. The lowest BCUT2D eigenvalue weighted by Crippen LogP contribution is -2.23. The summed E-state index contributed by atoms with van der Waals surface area (Å²) in [4.78, 5) is 0. The molecule has 2 nitrogen and oxygen atoms in total. The second-order valence-electron chi connectivity index (χ2n) is 4.20. The lowest BCUT2D eigenvalue weighted by molar-refractivity contribution is 0.286. The predicted octanol–water partition coefficient (Wildman–Crippen LogP) is 4.02. The Morgan fingerprint density at radius 1 is 1.22 bits per heavy atom. The first-order chi connectivity index (χ1) is 8.72. The molecule has 1 atom stereocenters. The average Bonchev–Trinajstić information content (AvgIpc) is 2.38. The Hall–Kier alpha value is -1.74. The van der Waals surface area contributed by atoms with Gasteiger partial charge in [0.2, 0.25) is 0 Å². The van der Waals surface area contributed by atoms with Crippen molar-refractivity contribution in [2.45, 2.75) is 6.04 Å². The number of fused-ring (bicyclic) bond motifs is 1. The summed E-state index contributed by atoms with van der Waals surface area (Å²) in [5, 5.41) is 3.96. The van der Waals surface area contributed by atoms with E-state index in [1.807, 2.05) is 12.1 Å². The maximum Gasteiger partial charge on any atom is 0.144 e. The highest BCUT2D eigenvalue weighted by Gasteiger charge is 2.20. The van der Waals surface area contributed by atoms with Crippen molar-refractivity contribution in [2.75, 3.05) is 11.9 Å². The van der Waals surface area contributed by atoms with Crippen molar-refractivity contribution in [1.82, 2.24) is 0 Å². The maximum atomic E-state index is 13.2. The van der Waals surface area contributed by atoms with E-state index in [2.05, 4.69) is 5.32 Å². The van der Waals surface area contributed by atoms with E-state index < -0.39 is 0 Å². The molecule has 4 heteroatoms. The van der Waals surface area contributed by atoms with Gasteiger partial charge in [-0.05, 0) is 29.8 Å². The normalized spacial score (nSPS) is 17.6. The van der Waals surface area contributed by atoms with Crippen LogP contribution in [0.25, 0.3) is 0 Å². The number of hydrogen-bond acceptors (Lipinski definition) is 2. The molecule has 0 fully saturated rings. The summed E-state index contributed by atoms with van der Waals surface area (Å²) < 4.78 is 18.8. The Morgan fingerprint density at radius 3 is 2.94 bits per heavy atom. The number of ether oxygens (including phenoxy) is 1. The Bertz CT molecular complexity index is 588. The van der Waals surface area contributed by atoms with E-state index >= 15 is 0 Å². The van der Waals surface area contributed by atoms with Crippen LogP contribution >= 0.6 is 11.6 Å². The fraction of sp³-hybridized carbons (Fsp3) is 0.143. The Balaban J connectivity index is 1.89. The van der Waals surface area contributed by atoms with Gasteiger partial charge in [-0.1, -0.05) is 23.7 Å². The van der Waals surface area contributed by atoms with Gasteiger partial charge in [-0.25, -0.2) is 4.39 Å². The number of hydrogen-bond donors (Lipinski definition) is 1. The summed E-state index contributed by atoms with van der Waals surface area (Å²) in [6.07, 6.45) is 0. The third-order valence-corrected chi connectivity index (χ3v) is 3.17. The molecule has 1 heterocycles. The van der Waals surface area contributed by atoms with Gasteiger partial charge >= 0.3 is 0 Å². The Morgan fingerprint density at radius 2 is 2.11 bits per heavy atom. The van der Waals surface area contributed by atoms with Gasteiger partial charge in [0.15, 0.2) is 0 Å². The van der Waals surface area contributed by atoms with Crippen LogP contribution < -0.4 is 10.1 Å². The van der Waals surface area contributed by atoms with E-state index in [-0.39, 0.29) is 11.9 Å². The molecule has 1 aliphatic rings. The van der Waals surface area contributed by atoms with Crippen LogP contribution in [0.4, 0.5) is 10.1 Å². The van der Waals surface area contributed by atoms with E-state index in [1.54, 1.807) is 18.2 Å². The van der Waals surface area contributed by atoms with Gasteiger partial charge < -0.3 is 10.1 Å². The lowest BCUT2D eigenvalue weighted by atomic mass is 10.1. The first-order valence-corrected chi connectivity index (χ1v) is 6.04. The van der Waals surface area contributed by atoms with Crippen LogP contribution in [0.5, 0.6) is 5.75 Å². The van der Waals surface area contributed by atoms with Gasteiger partial charge in [0.05, 0.1) is 11.7 Å². The van der Waals surface area contributed by atoms with Gasteiger partial charge in [-0.2, -0.15) is 0 Å². The molecule has 0 saturated heterocycles. The van der Waals surface area contributed by atoms with Crippen LogP contribution in [-0.2, 0) is 0 Å². The quantitative estimate of drug-likeness (QED) is 0.839. The van der Waals surface area contributed by atoms with Crippen molar-refractivity contribution in [3.63, 3.8) is 0 Å².